The van der Waals surface area contributed by atoms with Crippen LogP contribution in [0.15, 0.2) is 310 Å². The van der Waals surface area contributed by atoms with Crippen LogP contribution in [0.1, 0.15) is 33.1 Å². The van der Waals surface area contributed by atoms with Crippen LogP contribution in [0.2, 0.25) is 0 Å². The van der Waals surface area contributed by atoms with Gasteiger partial charge in [-0.15, -0.1) is 0 Å². The maximum Gasteiger partial charge on any atom is 0.326 e. The van der Waals surface area contributed by atoms with Gasteiger partial charge >= 0.3 is 7.12 Å². The molecule has 1 radical (unpaired) electrons. The Balaban J connectivity index is 0.000000156. The monoisotopic (exact) mass is 1140 g/mol. The van der Waals surface area contributed by atoms with E-state index in [9.17, 15) is 0 Å². The van der Waals surface area contributed by atoms with Gasteiger partial charge < -0.3 is 13.8 Å². The summed E-state index contributed by atoms with van der Waals surface area (Å²) in [5, 5.41) is 23.2. The van der Waals surface area contributed by atoms with E-state index in [0.717, 1.165) is 33.8 Å². The maximum atomic E-state index is 4.93. The quantitative estimate of drug-likeness (QED) is 0.0805. The summed E-state index contributed by atoms with van der Waals surface area (Å²) >= 11 is 0. The summed E-state index contributed by atoms with van der Waals surface area (Å²) in [6.45, 7) is 4.42. The second-order valence-corrected chi connectivity index (χ2v) is 22.7. The average Bonchev–Trinajstić information content (AvgIpc) is 4.34. The second kappa shape index (κ2) is 30.2. The Bertz CT molecular complexity index is 3030. The van der Waals surface area contributed by atoms with E-state index in [2.05, 4.69) is 232 Å². The van der Waals surface area contributed by atoms with E-state index in [1.165, 1.54) is 51.1 Å². The third-order valence-electron chi connectivity index (χ3n) is 12.8. The first kappa shape index (κ1) is 56.4. The van der Waals surface area contributed by atoms with Gasteiger partial charge in [0.15, 0.2) is 0 Å². The summed E-state index contributed by atoms with van der Waals surface area (Å²) in [7, 11) is -2.37. The van der Waals surface area contributed by atoms with Crippen molar-refractivity contribution in [1.29, 1.82) is 0 Å². The summed E-state index contributed by atoms with van der Waals surface area (Å²) in [4.78, 5) is 0. The van der Waals surface area contributed by atoms with Gasteiger partial charge in [-0.1, -0.05) is 306 Å². The fraction of sp³-hybridized carbons (Fsp3) is 0.0735. The SMILES string of the molecule is CCCCC.[Rh].c1ccc(-c2ccn([BH-](n3ccc(-c4ccccc4)n3)n3ccc(-c4ccccc4)n3)n2)cc1.c1ccc(P(c2ccccc2)c2ccccc2)cc1.c1ccc(P(c2ccccc2)c2ccccc2)cc1. The van der Waals surface area contributed by atoms with Gasteiger partial charge in [-0.05, 0) is 84.5 Å². The fourth-order valence-electron chi connectivity index (χ4n) is 9.00. The Morgan fingerprint density at radius 3 is 0.654 bits per heavy atom. The van der Waals surface area contributed by atoms with Crippen molar-refractivity contribution in [2.24, 2.45) is 0 Å². The van der Waals surface area contributed by atoms with E-state index in [0.29, 0.717) is 0 Å². The second-order valence-electron chi connectivity index (χ2n) is 18.3. The molecule has 12 rings (SSSR count). The summed E-state index contributed by atoms with van der Waals surface area (Å²) in [6.07, 6.45) is 10.1. The molecular formula is C68H64BN6P2Rh-. The molecule has 0 saturated carbocycles. The van der Waals surface area contributed by atoms with Gasteiger partial charge in [0.25, 0.3) is 0 Å². The Morgan fingerprint density at radius 2 is 0.474 bits per heavy atom. The number of rotatable bonds is 14. The van der Waals surface area contributed by atoms with E-state index in [-0.39, 0.29) is 19.5 Å². The number of hydrogen-bond acceptors (Lipinski definition) is 3. The molecular weight excluding hydrogens is 1080 g/mol. The molecule has 0 saturated heterocycles. The van der Waals surface area contributed by atoms with Gasteiger partial charge in [-0.2, -0.15) is 0 Å². The summed E-state index contributed by atoms with van der Waals surface area (Å²) in [5.74, 6) is 0. The molecule has 0 bridgehead atoms. The van der Waals surface area contributed by atoms with Crippen LogP contribution in [0.25, 0.3) is 33.8 Å². The van der Waals surface area contributed by atoms with Gasteiger partial charge in [0.2, 0.25) is 0 Å². The van der Waals surface area contributed by atoms with Crippen molar-refractivity contribution in [2.75, 3.05) is 0 Å². The van der Waals surface area contributed by atoms with Crippen LogP contribution in [-0.2, 0) is 19.5 Å². The Morgan fingerprint density at radius 1 is 0.282 bits per heavy atom. The molecule has 3 aromatic heterocycles. The van der Waals surface area contributed by atoms with E-state index in [1.807, 2.05) is 105 Å². The van der Waals surface area contributed by atoms with E-state index in [4.69, 9.17) is 15.3 Å². The van der Waals surface area contributed by atoms with Crippen LogP contribution in [-0.4, -0.2) is 36.2 Å². The molecule has 0 atom stereocenters. The minimum atomic E-state index is -1.48. The molecule has 0 N–H and O–H groups in total. The Labute approximate surface area is 476 Å². The van der Waals surface area contributed by atoms with Crippen molar-refractivity contribution in [3.8, 4) is 33.8 Å². The van der Waals surface area contributed by atoms with E-state index < -0.39 is 23.0 Å². The van der Waals surface area contributed by atoms with Crippen molar-refractivity contribution in [2.45, 2.75) is 33.1 Å². The third-order valence-corrected chi connectivity index (χ3v) is 17.7. The van der Waals surface area contributed by atoms with Gasteiger partial charge in [-0.25, -0.2) is 15.3 Å². The first-order chi connectivity index (χ1) is 38.2. The summed E-state index contributed by atoms with van der Waals surface area (Å²) in [6, 6.07) is 101. The summed E-state index contributed by atoms with van der Waals surface area (Å²) < 4.78 is 5.93. The van der Waals surface area contributed by atoms with Crippen molar-refractivity contribution in [1.82, 2.24) is 29.1 Å². The normalized spacial score (nSPS) is 10.6. The van der Waals surface area contributed by atoms with Crippen LogP contribution in [0.5, 0.6) is 0 Å². The van der Waals surface area contributed by atoms with Crippen LogP contribution < -0.4 is 31.8 Å². The molecule has 9 aromatic carbocycles. The molecule has 0 fully saturated rings. The van der Waals surface area contributed by atoms with Crippen molar-refractivity contribution >= 4 is 54.8 Å². The number of aromatic nitrogens is 6. The number of hydrogen-bond donors (Lipinski definition) is 0. The smallest absolute Gasteiger partial charge is 0.326 e. The first-order valence-electron chi connectivity index (χ1n) is 26.6. The fourth-order valence-corrected chi connectivity index (χ4v) is 13.6. The van der Waals surface area contributed by atoms with Crippen LogP contribution in [0, 0.1) is 0 Å². The van der Waals surface area contributed by atoms with E-state index in [1.54, 1.807) is 0 Å². The predicted molar refractivity (Wildman–Crippen MR) is 332 cm³/mol. The predicted octanol–water partition coefficient (Wildman–Crippen LogP) is 14.0. The maximum absolute atomic E-state index is 4.93. The minimum Gasteiger partial charge on any atom is -0.402 e. The van der Waals surface area contributed by atoms with Gasteiger partial charge in [0.05, 0.1) is 17.1 Å². The number of benzene rings is 9. The number of unbranched alkanes of at least 4 members (excludes halogenated alkanes) is 2. The van der Waals surface area contributed by atoms with Gasteiger partial charge in [-0.3, -0.25) is 0 Å². The Hall–Kier alpha value is -7.84. The minimum absolute atomic E-state index is 0. The third kappa shape index (κ3) is 15.4. The van der Waals surface area contributed by atoms with Crippen LogP contribution in [0.3, 0.4) is 0 Å². The molecule has 0 aliphatic heterocycles. The molecule has 0 aliphatic rings. The molecule has 6 nitrogen and oxygen atoms in total. The van der Waals surface area contributed by atoms with Crippen molar-refractivity contribution in [3.05, 3.63) is 310 Å². The first-order valence-corrected chi connectivity index (χ1v) is 29.2. The topological polar surface area (TPSA) is 53.5 Å². The molecule has 0 spiro atoms. The molecule has 10 heteroatoms. The zero-order chi connectivity index (χ0) is 52.7. The molecule has 78 heavy (non-hydrogen) atoms. The molecule has 389 valence electrons. The average molecular weight is 1140 g/mol. The van der Waals surface area contributed by atoms with E-state index >= 15 is 0 Å². The standard InChI is InChI=1S/C27H22BN6.2C18H15P.C5H12.Rh/c1-4-10-22(11-5-1)25-16-19-32(29-25)28(33-20-17-26(30-33)23-12-6-2-7-13-23)34-21-18-27(31-34)24-14-8-3-9-15-24;2*1-4-10-16(11-5-1)19(17-12-6-2-7-13-17)18-14-8-3-9-15-18;1-3-5-4-2;/h1-21,28H;2*1-15H;3-5H2,1-2H3;/q-1;;;;. The molecule has 3 heterocycles. The van der Waals surface area contributed by atoms with Crippen molar-refractivity contribution < 1.29 is 19.5 Å². The Kier molecular flexibility index (Phi) is 21.8. The van der Waals surface area contributed by atoms with Crippen LogP contribution >= 0.6 is 15.8 Å². The van der Waals surface area contributed by atoms with Crippen LogP contribution in [0.4, 0.5) is 0 Å². The summed E-state index contributed by atoms with van der Waals surface area (Å²) in [5.41, 5.74) is 6.00. The van der Waals surface area contributed by atoms with Gasteiger partial charge in [0, 0.05) is 36.2 Å². The zero-order valence-corrected chi connectivity index (χ0v) is 47.6. The molecule has 0 unspecified atom stereocenters. The largest absolute Gasteiger partial charge is 0.402 e. The molecule has 0 aliphatic carbocycles. The molecule has 12 aromatic rings. The zero-order valence-electron chi connectivity index (χ0n) is 44.2. The van der Waals surface area contributed by atoms with Crippen molar-refractivity contribution in [3.63, 3.8) is 0 Å². The molecule has 0 amide bonds. The number of nitrogens with zero attached hydrogens (tertiary/aromatic N) is 6. The van der Waals surface area contributed by atoms with Gasteiger partial charge in [0.1, 0.15) is 0 Å².